The SMILES string of the molecule is Cc1ccc(CN(C)C(=O)CCc2nc(-c3ccc(F)cc3)no2)c(C)c1. The summed E-state index contributed by atoms with van der Waals surface area (Å²) in [7, 11) is 1.79. The van der Waals surface area contributed by atoms with Gasteiger partial charge in [0.15, 0.2) is 0 Å². The zero-order valence-electron chi connectivity index (χ0n) is 15.7. The molecule has 0 bridgehead atoms. The highest BCUT2D eigenvalue weighted by atomic mass is 19.1. The van der Waals surface area contributed by atoms with Gasteiger partial charge in [0, 0.05) is 32.0 Å². The minimum atomic E-state index is -0.320. The third-order valence-corrected chi connectivity index (χ3v) is 4.45. The van der Waals surface area contributed by atoms with Crippen LogP contribution in [0.2, 0.25) is 0 Å². The molecule has 0 unspecified atom stereocenters. The van der Waals surface area contributed by atoms with Crippen LogP contribution in [0.5, 0.6) is 0 Å². The first-order valence-corrected chi connectivity index (χ1v) is 8.81. The minimum absolute atomic E-state index is 0.0107. The standard InChI is InChI=1S/C21H22FN3O2/c1-14-4-5-17(15(2)12-14)13-25(3)20(26)11-10-19-23-21(24-27-19)16-6-8-18(22)9-7-16/h4-9,12H,10-11,13H2,1-3H3. The van der Waals surface area contributed by atoms with E-state index in [1.807, 2.05) is 0 Å². The van der Waals surface area contributed by atoms with Crippen molar-refractivity contribution in [2.45, 2.75) is 33.2 Å². The zero-order chi connectivity index (χ0) is 19.4. The van der Waals surface area contributed by atoms with Crippen LogP contribution in [0.25, 0.3) is 11.4 Å². The van der Waals surface area contributed by atoms with Crippen molar-refractivity contribution in [3.05, 3.63) is 70.9 Å². The summed E-state index contributed by atoms with van der Waals surface area (Å²) in [5.74, 6) is 0.472. The van der Waals surface area contributed by atoms with Crippen LogP contribution in [-0.2, 0) is 17.8 Å². The summed E-state index contributed by atoms with van der Waals surface area (Å²) in [4.78, 5) is 18.4. The Balaban J connectivity index is 1.56. The Morgan fingerprint density at radius 3 is 2.59 bits per heavy atom. The molecule has 0 saturated carbocycles. The first kappa shape index (κ1) is 18.8. The summed E-state index contributed by atoms with van der Waals surface area (Å²) in [6.45, 7) is 4.67. The molecule has 140 valence electrons. The average molecular weight is 367 g/mol. The van der Waals surface area contributed by atoms with Crippen LogP contribution in [0.15, 0.2) is 47.0 Å². The Kier molecular flexibility index (Phi) is 5.64. The van der Waals surface area contributed by atoms with Crippen LogP contribution < -0.4 is 0 Å². The van der Waals surface area contributed by atoms with Gasteiger partial charge in [0.2, 0.25) is 17.6 Å². The van der Waals surface area contributed by atoms with Crippen LogP contribution in [-0.4, -0.2) is 28.0 Å². The van der Waals surface area contributed by atoms with Crippen LogP contribution in [0.3, 0.4) is 0 Å². The Morgan fingerprint density at radius 2 is 1.89 bits per heavy atom. The molecule has 0 radical (unpaired) electrons. The highest BCUT2D eigenvalue weighted by molar-refractivity contribution is 5.76. The van der Waals surface area contributed by atoms with Gasteiger partial charge in [-0.3, -0.25) is 4.79 Å². The number of hydrogen-bond acceptors (Lipinski definition) is 4. The molecule has 1 amide bonds. The Morgan fingerprint density at radius 1 is 1.15 bits per heavy atom. The molecule has 2 aromatic carbocycles. The molecule has 0 aliphatic carbocycles. The second kappa shape index (κ2) is 8.12. The van der Waals surface area contributed by atoms with Crippen molar-refractivity contribution in [2.24, 2.45) is 0 Å². The van der Waals surface area contributed by atoms with Gasteiger partial charge in [-0.2, -0.15) is 4.98 Å². The number of aromatic nitrogens is 2. The second-order valence-corrected chi connectivity index (χ2v) is 6.70. The maximum absolute atomic E-state index is 13.0. The minimum Gasteiger partial charge on any atom is -0.341 e. The van der Waals surface area contributed by atoms with E-state index >= 15 is 0 Å². The summed E-state index contributed by atoms with van der Waals surface area (Å²) >= 11 is 0. The molecule has 0 aliphatic heterocycles. The van der Waals surface area contributed by atoms with E-state index in [1.54, 1.807) is 24.1 Å². The molecule has 5 nitrogen and oxygen atoms in total. The molecule has 6 heteroatoms. The summed E-state index contributed by atoms with van der Waals surface area (Å²) in [6, 6.07) is 12.1. The number of benzene rings is 2. The Hall–Kier alpha value is -3.02. The molecule has 27 heavy (non-hydrogen) atoms. The van der Waals surface area contributed by atoms with Crippen molar-refractivity contribution >= 4 is 5.91 Å². The van der Waals surface area contributed by atoms with Crippen molar-refractivity contribution in [2.75, 3.05) is 7.05 Å². The van der Waals surface area contributed by atoms with E-state index in [4.69, 9.17) is 4.52 Å². The van der Waals surface area contributed by atoms with E-state index in [9.17, 15) is 9.18 Å². The molecule has 0 saturated heterocycles. The summed E-state index contributed by atoms with van der Waals surface area (Å²) < 4.78 is 18.2. The van der Waals surface area contributed by atoms with Crippen LogP contribution >= 0.6 is 0 Å². The number of nitrogens with zero attached hydrogens (tertiary/aromatic N) is 3. The lowest BCUT2D eigenvalue weighted by molar-refractivity contribution is -0.130. The quantitative estimate of drug-likeness (QED) is 0.659. The molecular weight excluding hydrogens is 345 g/mol. The van der Waals surface area contributed by atoms with Crippen molar-refractivity contribution in [1.82, 2.24) is 15.0 Å². The zero-order valence-corrected chi connectivity index (χ0v) is 15.7. The number of hydrogen-bond donors (Lipinski definition) is 0. The Labute approximate surface area is 157 Å². The smallest absolute Gasteiger partial charge is 0.227 e. The van der Waals surface area contributed by atoms with Gasteiger partial charge in [0.25, 0.3) is 0 Å². The third kappa shape index (κ3) is 4.78. The van der Waals surface area contributed by atoms with E-state index in [-0.39, 0.29) is 18.1 Å². The Bertz CT molecular complexity index is 935. The first-order valence-electron chi connectivity index (χ1n) is 8.81. The lowest BCUT2D eigenvalue weighted by atomic mass is 10.1. The molecule has 0 N–H and O–H groups in total. The van der Waals surface area contributed by atoms with E-state index < -0.39 is 0 Å². The van der Waals surface area contributed by atoms with Gasteiger partial charge in [0.1, 0.15) is 5.82 Å². The van der Waals surface area contributed by atoms with Crippen molar-refractivity contribution in [3.63, 3.8) is 0 Å². The molecule has 0 aliphatic rings. The third-order valence-electron chi connectivity index (χ3n) is 4.45. The van der Waals surface area contributed by atoms with Gasteiger partial charge in [-0.05, 0) is 49.2 Å². The molecule has 0 fully saturated rings. The largest absolute Gasteiger partial charge is 0.341 e. The topological polar surface area (TPSA) is 59.2 Å². The predicted octanol–water partition coefficient (Wildman–Crippen LogP) is 4.08. The van der Waals surface area contributed by atoms with E-state index in [0.717, 1.165) is 5.56 Å². The molecule has 3 aromatic rings. The fourth-order valence-corrected chi connectivity index (χ4v) is 2.84. The lowest BCUT2D eigenvalue weighted by Crippen LogP contribution is -2.26. The van der Waals surface area contributed by atoms with E-state index in [1.165, 1.54) is 23.3 Å². The van der Waals surface area contributed by atoms with Crippen LogP contribution in [0, 0.1) is 19.7 Å². The lowest BCUT2D eigenvalue weighted by Gasteiger charge is -2.18. The summed E-state index contributed by atoms with van der Waals surface area (Å²) in [5.41, 5.74) is 4.19. The number of rotatable bonds is 6. The maximum atomic E-state index is 13.0. The highest BCUT2D eigenvalue weighted by Crippen LogP contribution is 2.17. The first-order chi connectivity index (χ1) is 12.9. The van der Waals surface area contributed by atoms with Crippen LogP contribution in [0.4, 0.5) is 4.39 Å². The van der Waals surface area contributed by atoms with E-state index in [0.29, 0.717) is 30.2 Å². The summed E-state index contributed by atoms with van der Waals surface area (Å²) in [6.07, 6.45) is 0.650. The summed E-state index contributed by atoms with van der Waals surface area (Å²) in [5, 5.41) is 3.89. The fraction of sp³-hybridized carbons (Fsp3) is 0.286. The number of carbonyl (C=O) groups excluding carboxylic acids is 1. The molecule has 1 aromatic heterocycles. The second-order valence-electron chi connectivity index (χ2n) is 6.70. The van der Waals surface area contributed by atoms with Gasteiger partial charge >= 0.3 is 0 Å². The van der Waals surface area contributed by atoms with Crippen LogP contribution in [0.1, 0.15) is 29.0 Å². The number of amides is 1. The number of carbonyl (C=O) groups is 1. The van der Waals surface area contributed by atoms with Gasteiger partial charge in [-0.25, -0.2) is 4.39 Å². The molecule has 3 rings (SSSR count). The van der Waals surface area contributed by atoms with Gasteiger partial charge < -0.3 is 9.42 Å². The number of aryl methyl sites for hydroxylation is 3. The van der Waals surface area contributed by atoms with Crippen molar-refractivity contribution < 1.29 is 13.7 Å². The van der Waals surface area contributed by atoms with Gasteiger partial charge in [0.05, 0.1) is 0 Å². The van der Waals surface area contributed by atoms with Gasteiger partial charge in [-0.15, -0.1) is 0 Å². The predicted molar refractivity (Wildman–Crippen MR) is 100 cm³/mol. The molecule has 0 atom stereocenters. The molecule has 1 heterocycles. The van der Waals surface area contributed by atoms with E-state index in [2.05, 4.69) is 42.2 Å². The van der Waals surface area contributed by atoms with Crippen molar-refractivity contribution in [1.29, 1.82) is 0 Å². The number of halogens is 1. The fourth-order valence-electron chi connectivity index (χ4n) is 2.84. The average Bonchev–Trinajstić information content (AvgIpc) is 3.11. The van der Waals surface area contributed by atoms with Crippen molar-refractivity contribution in [3.8, 4) is 11.4 Å². The molecule has 0 spiro atoms. The normalized spacial score (nSPS) is 10.8. The monoisotopic (exact) mass is 367 g/mol. The highest BCUT2D eigenvalue weighted by Gasteiger charge is 2.14. The molecular formula is C21H22FN3O2. The van der Waals surface area contributed by atoms with Gasteiger partial charge in [-0.1, -0.05) is 28.9 Å². The maximum Gasteiger partial charge on any atom is 0.227 e.